The molecule has 2 aromatic rings. The van der Waals surface area contributed by atoms with Gasteiger partial charge in [-0.25, -0.2) is 0 Å². The SMILES string of the molecule is CCOC(C)=O.CCOC(C)=O.CN1Cc2c(N)n[nH]c2C1(C)C.CN1Cc2c(N)n[nH]c2C12CC2. The van der Waals surface area contributed by atoms with E-state index in [0.29, 0.717) is 30.4 Å². The summed E-state index contributed by atoms with van der Waals surface area (Å²) < 4.78 is 8.81. The minimum atomic E-state index is -0.211. The highest BCUT2D eigenvalue weighted by Crippen LogP contribution is 2.55. The third-order valence-corrected chi connectivity index (χ3v) is 6.77. The van der Waals surface area contributed by atoms with Gasteiger partial charge < -0.3 is 20.9 Å². The third-order valence-electron chi connectivity index (χ3n) is 6.77. The highest BCUT2D eigenvalue weighted by Gasteiger charge is 2.54. The number of hydrogen-bond donors (Lipinski definition) is 4. The van der Waals surface area contributed by atoms with Gasteiger partial charge in [-0.15, -0.1) is 0 Å². The number of aromatic nitrogens is 4. The predicted molar refractivity (Wildman–Crippen MR) is 137 cm³/mol. The van der Waals surface area contributed by atoms with Gasteiger partial charge in [-0.1, -0.05) is 0 Å². The van der Waals surface area contributed by atoms with E-state index >= 15 is 0 Å². The summed E-state index contributed by atoms with van der Waals surface area (Å²) >= 11 is 0. The van der Waals surface area contributed by atoms with Crippen molar-refractivity contribution in [2.75, 3.05) is 38.8 Å². The highest BCUT2D eigenvalue weighted by molar-refractivity contribution is 5.66. The average Bonchev–Trinajstić information content (AvgIpc) is 3.20. The molecule has 12 heteroatoms. The lowest BCUT2D eigenvalue weighted by atomic mass is 10.0. The van der Waals surface area contributed by atoms with Crippen LogP contribution < -0.4 is 11.5 Å². The fourth-order valence-corrected chi connectivity index (χ4v) is 4.33. The van der Waals surface area contributed by atoms with Crippen molar-refractivity contribution in [1.29, 1.82) is 0 Å². The Morgan fingerprint density at radius 3 is 1.64 bits per heavy atom. The molecule has 2 aromatic heterocycles. The van der Waals surface area contributed by atoms with Crippen LogP contribution in [0.25, 0.3) is 0 Å². The number of esters is 2. The molecule has 12 nitrogen and oxygen atoms in total. The second kappa shape index (κ2) is 11.7. The van der Waals surface area contributed by atoms with E-state index in [2.05, 4.69) is 67.6 Å². The Morgan fingerprint density at radius 2 is 1.28 bits per heavy atom. The fourth-order valence-electron chi connectivity index (χ4n) is 4.33. The van der Waals surface area contributed by atoms with E-state index in [1.807, 2.05) is 0 Å². The van der Waals surface area contributed by atoms with Gasteiger partial charge in [0.1, 0.15) is 11.6 Å². The quantitative estimate of drug-likeness (QED) is 0.443. The van der Waals surface area contributed by atoms with Crippen molar-refractivity contribution in [2.45, 2.75) is 78.6 Å². The van der Waals surface area contributed by atoms with Gasteiger partial charge in [-0.2, -0.15) is 10.2 Å². The van der Waals surface area contributed by atoms with Crippen LogP contribution in [0.15, 0.2) is 0 Å². The number of nitrogens with one attached hydrogen (secondary N) is 2. The van der Waals surface area contributed by atoms with Gasteiger partial charge in [0, 0.05) is 38.1 Å². The summed E-state index contributed by atoms with van der Waals surface area (Å²) in [5.41, 5.74) is 16.6. The lowest BCUT2D eigenvalue weighted by molar-refractivity contribution is -0.141. The van der Waals surface area contributed by atoms with Gasteiger partial charge in [0.2, 0.25) is 0 Å². The molecule has 1 spiro atoms. The molecule has 2 aliphatic heterocycles. The van der Waals surface area contributed by atoms with Crippen LogP contribution in [-0.4, -0.2) is 69.4 Å². The topological polar surface area (TPSA) is 168 Å². The monoisotopic (exact) mass is 506 g/mol. The molecule has 1 aliphatic carbocycles. The number of rotatable bonds is 2. The van der Waals surface area contributed by atoms with E-state index in [1.165, 1.54) is 37.9 Å². The van der Waals surface area contributed by atoms with Gasteiger partial charge in [0.15, 0.2) is 0 Å². The summed E-state index contributed by atoms with van der Waals surface area (Å²) in [6.45, 7) is 13.5. The molecule has 0 atom stereocenters. The number of nitrogens with zero attached hydrogens (tertiary/aromatic N) is 4. The molecule has 0 amide bonds. The smallest absolute Gasteiger partial charge is 0.302 e. The standard InChI is InChI=1S/C8H12N4.C8H14N4.2C4H8O2/c1-12-4-5-6(8(12)2-3-8)10-11-7(5)9;1-8(2)6-5(4-12(8)3)7(9)11-10-6;2*1-3-6-4(2)5/h2-4H2,1H3,(H3,9,10,11);4H2,1-3H3,(H3,9,10,11);2*3H2,1-2H3. The molecular weight excluding hydrogens is 464 g/mol. The Labute approximate surface area is 213 Å². The summed E-state index contributed by atoms with van der Waals surface area (Å²) in [5.74, 6) is 0.901. The Bertz CT molecular complexity index is 971. The van der Waals surface area contributed by atoms with Crippen molar-refractivity contribution < 1.29 is 19.1 Å². The summed E-state index contributed by atoms with van der Waals surface area (Å²) in [7, 11) is 4.24. The maximum Gasteiger partial charge on any atom is 0.302 e. The summed E-state index contributed by atoms with van der Waals surface area (Å²) in [6.07, 6.45) is 2.50. The average molecular weight is 507 g/mol. The van der Waals surface area contributed by atoms with Crippen LogP contribution in [0, 0.1) is 0 Å². The number of aromatic amines is 2. The molecule has 4 heterocycles. The largest absolute Gasteiger partial charge is 0.466 e. The molecule has 0 aromatic carbocycles. The Balaban J connectivity index is 0.000000180. The van der Waals surface area contributed by atoms with E-state index in [9.17, 15) is 9.59 Å². The van der Waals surface area contributed by atoms with Gasteiger partial charge in [-0.05, 0) is 54.6 Å². The molecule has 0 radical (unpaired) electrons. The van der Waals surface area contributed by atoms with Crippen LogP contribution in [0.5, 0.6) is 0 Å². The zero-order valence-electron chi connectivity index (χ0n) is 22.8. The molecule has 36 heavy (non-hydrogen) atoms. The van der Waals surface area contributed by atoms with Crippen LogP contribution in [0.2, 0.25) is 0 Å². The first kappa shape index (κ1) is 29.1. The number of hydrogen-bond acceptors (Lipinski definition) is 10. The second-order valence-corrected chi connectivity index (χ2v) is 9.58. The minimum absolute atomic E-state index is 0.0416. The molecule has 0 bridgehead atoms. The van der Waals surface area contributed by atoms with Crippen molar-refractivity contribution in [3.8, 4) is 0 Å². The molecule has 1 fully saturated rings. The van der Waals surface area contributed by atoms with Crippen molar-refractivity contribution in [2.24, 2.45) is 0 Å². The maximum atomic E-state index is 9.82. The van der Waals surface area contributed by atoms with Crippen LogP contribution in [0.1, 0.15) is 76.9 Å². The molecule has 5 rings (SSSR count). The second-order valence-electron chi connectivity index (χ2n) is 9.58. The van der Waals surface area contributed by atoms with Crippen molar-refractivity contribution >= 4 is 23.6 Å². The lowest BCUT2D eigenvalue weighted by Crippen LogP contribution is -2.32. The van der Waals surface area contributed by atoms with Crippen LogP contribution >= 0.6 is 0 Å². The number of carbonyl (C=O) groups excluding carboxylic acids is 2. The van der Waals surface area contributed by atoms with E-state index in [-0.39, 0.29) is 17.5 Å². The lowest BCUT2D eigenvalue weighted by Gasteiger charge is -2.27. The maximum absolute atomic E-state index is 9.82. The first-order valence-corrected chi connectivity index (χ1v) is 12.2. The van der Waals surface area contributed by atoms with Crippen molar-refractivity contribution in [1.82, 2.24) is 30.2 Å². The predicted octanol–water partition coefficient (Wildman–Crippen LogP) is 2.24. The molecular formula is C24H42N8O4. The summed E-state index contributed by atoms with van der Waals surface area (Å²) in [4.78, 5) is 24.3. The van der Waals surface area contributed by atoms with Gasteiger partial charge >= 0.3 is 11.9 Å². The number of anilines is 2. The Kier molecular flexibility index (Phi) is 9.50. The van der Waals surface area contributed by atoms with Crippen molar-refractivity contribution in [3.63, 3.8) is 0 Å². The van der Waals surface area contributed by atoms with Gasteiger partial charge in [-0.3, -0.25) is 29.6 Å². The fraction of sp³-hybridized carbons (Fsp3) is 0.667. The first-order valence-electron chi connectivity index (χ1n) is 12.2. The third kappa shape index (κ3) is 6.35. The van der Waals surface area contributed by atoms with Gasteiger partial charge in [0.25, 0.3) is 0 Å². The van der Waals surface area contributed by atoms with E-state index < -0.39 is 0 Å². The van der Waals surface area contributed by atoms with Gasteiger partial charge in [0.05, 0.1) is 35.7 Å². The minimum Gasteiger partial charge on any atom is -0.466 e. The Hall–Kier alpha value is -3.12. The van der Waals surface area contributed by atoms with Crippen molar-refractivity contribution in [3.05, 3.63) is 22.5 Å². The number of carbonyl (C=O) groups is 2. The number of fused-ring (bicyclic) bond motifs is 3. The van der Waals surface area contributed by atoms with E-state index in [1.54, 1.807) is 13.8 Å². The first-order chi connectivity index (χ1) is 16.8. The number of ether oxygens (including phenoxy) is 2. The number of nitrogens with two attached hydrogens (primary N) is 2. The molecule has 3 aliphatic rings. The zero-order chi connectivity index (χ0) is 27.3. The molecule has 1 saturated carbocycles. The summed E-state index contributed by atoms with van der Waals surface area (Å²) in [5, 5.41) is 14.1. The molecule has 0 saturated heterocycles. The van der Waals surface area contributed by atoms with E-state index in [4.69, 9.17) is 11.5 Å². The summed E-state index contributed by atoms with van der Waals surface area (Å²) in [6, 6.07) is 0. The normalized spacial score (nSPS) is 17.9. The van der Waals surface area contributed by atoms with Crippen LogP contribution in [0.3, 0.4) is 0 Å². The molecule has 0 unspecified atom stereocenters. The highest BCUT2D eigenvalue weighted by atomic mass is 16.5. The molecule has 202 valence electrons. The zero-order valence-corrected chi connectivity index (χ0v) is 22.8. The number of nitrogen functional groups attached to an aromatic ring is 2. The van der Waals surface area contributed by atoms with Crippen LogP contribution in [-0.2, 0) is 43.2 Å². The van der Waals surface area contributed by atoms with E-state index in [0.717, 1.165) is 24.3 Å². The Morgan fingerprint density at radius 1 is 0.861 bits per heavy atom. The molecule has 6 N–H and O–H groups in total. The van der Waals surface area contributed by atoms with Crippen LogP contribution in [0.4, 0.5) is 11.6 Å². The number of H-pyrrole nitrogens is 2.